The second-order valence-corrected chi connectivity index (χ2v) is 7.45. The first-order valence-electron chi connectivity index (χ1n) is 10.1. The third-order valence-corrected chi connectivity index (χ3v) is 5.49. The summed E-state index contributed by atoms with van der Waals surface area (Å²) in [4.78, 5) is 16.9. The van der Waals surface area contributed by atoms with Gasteiger partial charge in [0.2, 0.25) is 6.79 Å². The van der Waals surface area contributed by atoms with Crippen molar-refractivity contribution in [2.75, 3.05) is 18.7 Å². The molecule has 3 heterocycles. The molecule has 1 aliphatic rings. The van der Waals surface area contributed by atoms with Gasteiger partial charge in [-0.3, -0.25) is 4.98 Å². The van der Waals surface area contributed by atoms with Crippen LogP contribution in [0.15, 0.2) is 73.2 Å². The highest BCUT2D eigenvalue weighted by molar-refractivity contribution is 5.90. The zero-order chi connectivity index (χ0) is 21.2. The molecule has 2 amide bonds. The fourth-order valence-electron chi connectivity index (χ4n) is 3.98. The number of nitrogens with one attached hydrogen (secondary N) is 2. The molecule has 31 heavy (non-hydrogen) atoms. The molecule has 4 aromatic rings. The summed E-state index contributed by atoms with van der Waals surface area (Å²) in [6, 6.07) is 17.3. The molecule has 0 saturated carbocycles. The minimum absolute atomic E-state index is 0.0395. The van der Waals surface area contributed by atoms with Gasteiger partial charge in [0.1, 0.15) is 0 Å². The largest absolute Gasteiger partial charge is 0.454 e. The minimum atomic E-state index is -0.284. The average Bonchev–Trinajstić information content (AvgIpc) is 3.39. The lowest BCUT2D eigenvalue weighted by molar-refractivity contribution is 0.174. The Hall–Kier alpha value is -4.00. The van der Waals surface area contributed by atoms with E-state index in [0.717, 1.165) is 22.0 Å². The molecule has 7 nitrogen and oxygen atoms in total. The van der Waals surface area contributed by atoms with Gasteiger partial charge in [0.25, 0.3) is 0 Å². The van der Waals surface area contributed by atoms with Crippen LogP contribution in [-0.4, -0.2) is 28.9 Å². The van der Waals surface area contributed by atoms with E-state index in [9.17, 15) is 4.79 Å². The molecule has 0 unspecified atom stereocenters. The van der Waals surface area contributed by atoms with Crippen molar-refractivity contribution in [3.63, 3.8) is 0 Å². The Kier molecular flexibility index (Phi) is 4.92. The number of benzene rings is 2. The number of pyridine rings is 1. The normalized spacial score (nSPS) is 13.2. The molecule has 156 valence electrons. The van der Waals surface area contributed by atoms with Gasteiger partial charge in [-0.2, -0.15) is 0 Å². The highest BCUT2D eigenvalue weighted by atomic mass is 16.7. The molecule has 0 fully saturated rings. The molecule has 5 rings (SSSR count). The molecule has 0 saturated heterocycles. The second kappa shape index (κ2) is 8.02. The fraction of sp³-hybridized carbons (Fsp3) is 0.167. The first-order valence-corrected chi connectivity index (χ1v) is 10.1. The quantitative estimate of drug-likeness (QED) is 0.512. The van der Waals surface area contributed by atoms with E-state index in [0.29, 0.717) is 23.7 Å². The van der Waals surface area contributed by atoms with Gasteiger partial charge < -0.3 is 24.7 Å². The van der Waals surface area contributed by atoms with E-state index < -0.39 is 0 Å². The molecule has 0 spiro atoms. The Morgan fingerprint density at radius 3 is 2.87 bits per heavy atom. The van der Waals surface area contributed by atoms with Crippen molar-refractivity contribution in [2.45, 2.75) is 5.92 Å². The standard InChI is InChI=1S/C24H22N4O3/c1-28-14-20(18-6-2-3-7-21(18)28)19(16-5-4-10-25-12-16)13-26-24(29)27-17-8-9-22-23(11-17)31-15-30-22/h2-12,14,19H,13,15H2,1H3,(H2,26,27,29)/t19-/m0/s1. The first kappa shape index (κ1) is 19.0. The number of aromatic nitrogens is 2. The molecular weight excluding hydrogens is 392 g/mol. The number of carbonyl (C=O) groups excluding carboxylic acids is 1. The zero-order valence-electron chi connectivity index (χ0n) is 17.0. The summed E-state index contributed by atoms with van der Waals surface area (Å²) in [5.74, 6) is 1.27. The lowest BCUT2D eigenvalue weighted by atomic mass is 9.92. The summed E-state index contributed by atoms with van der Waals surface area (Å²) >= 11 is 0. The van der Waals surface area contributed by atoms with Gasteiger partial charge in [-0.15, -0.1) is 0 Å². The Balaban J connectivity index is 1.37. The summed E-state index contributed by atoms with van der Waals surface area (Å²) in [5.41, 5.74) is 3.98. The lowest BCUT2D eigenvalue weighted by Gasteiger charge is -2.18. The van der Waals surface area contributed by atoms with Crippen molar-refractivity contribution in [3.8, 4) is 11.5 Å². The van der Waals surface area contributed by atoms with Crippen LogP contribution in [-0.2, 0) is 7.05 Å². The van der Waals surface area contributed by atoms with Crippen molar-refractivity contribution < 1.29 is 14.3 Å². The number of hydrogen-bond donors (Lipinski definition) is 2. The molecule has 0 bridgehead atoms. The van der Waals surface area contributed by atoms with Gasteiger partial charge in [-0.05, 0) is 35.4 Å². The van der Waals surface area contributed by atoms with Crippen LogP contribution in [0.25, 0.3) is 10.9 Å². The van der Waals surface area contributed by atoms with Gasteiger partial charge in [-0.25, -0.2) is 4.79 Å². The number of carbonyl (C=O) groups is 1. The molecule has 2 N–H and O–H groups in total. The second-order valence-electron chi connectivity index (χ2n) is 7.45. The van der Waals surface area contributed by atoms with Crippen molar-refractivity contribution in [3.05, 3.63) is 84.3 Å². The van der Waals surface area contributed by atoms with Crippen LogP contribution in [0.2, 0.25) is 0 Å². The monoisotopic (exact) mass is 414 g/mol. The molecule has 0 aliphatic carbocycles. The van der Waals surface area contributed by atoms with E-state index in [2.05, 4.69) is 38.5 Å². The minimum Gasteiger partial charge on any atom is -0.454 e. The van der Waals surface area contributed by atoms with E-state index in [1.54, 1.807) is 24.4 Å². The number of hydrogen-bond acceptors (Lipinski definition) is 4. The highest BCUT2D eigenvalue weighted by Crippen LogP contribution is 2.34. The van der Waals surface area contributed by atoms with Gasteiger partial charge in [0.15, 0.2) is 11.5 Å². The number of amides is 2. The predicted molar refractivity (Wildman–Crippen MR) is 119 cm³/mol. The van der Waals surface area contributed by atoms with Crippen LogP contribution in [0, 0.1) is 0 Å². The Bertz CT molecular complexity index is 1240. The molecular formula is C24H22N4O3. The Morgan fingerprint density at radius 2 is 2.00 bits per heavy atom. The molecule has 2 aromatic heterocycles. The van der Waals surface area contributed by atoms with Crippen molar-refractivity contribution >= 4 is 22.6 Å². The van der Waals surface area contributed by atoms with Crippen molar-refractivity contribution in [1.29, 1.82) is 0 Å². The highest BCUT2D eigenvalue weighted by Gasteiger charge is 2.21. The maximum atomic E-state index is 12.6. The maximum absolute atomic E-state index is 12.6. The topological polar surface area (TPSA) is 77.4 Å². The van der Waals surface area contributed by atoms with Crippen LogP contribution < -0.4 is 20.1 Å². The van der Waals surface area contributed by atoms with Gasteiger partial charge in [0.05, 0.1) is 0 Å². The average molecular weight is 414 g/mol. The van der Waals surface area contributed by atoms with Crippen LogP contribution in [0.1, 0.15) is 17.0 Å². The first-order chi connectivity index (χ1) is 15.2. The van der Waals surface area contributed by atoms with E-state index in [1.807, 2.05) is 37.5 Å². The molecule has 1 atom stereocenters. The summed E-state index contributed by atoms with van der Waals surface area (Å²) in [6.07, 6.45) is 5.73. The fourth-order valence-corrected chi connectivity index (χ4v) is 3.98. The van der Waals surface area contributed by atoms with Crippen LogP contribution in [0.5, 0.6) is 11.5 Å². The predicted octanol–water partition coefficient (Wildman–Crippen LogP) is 4.26. The molecule has 1 aliphatic heterocycles. The lowest BCUT2D eigenvalue weighted by Crippen LogP contribution is -2.32. The number of anilines is 1. The zero-order valence-corrected chi connectivity index (χ0v) is 17.0. The number of urea groups is 1. The van der Waals surface area contributed by atoms with Gasteiger partial charge >= 0.3 is 6.03 Å². The SMILES string of the molecule is Cn1cc([C@@H](CNC(=O)Nc2ccc3c(c2)OCO3)c2cccnc2)c2ccccc21. The van der Waals surface area contributed by atoms with Crippen molar-refractivity contribution in [1.82, 2.24) is 14.9 Å². The van der Waals surface area contributed by atoms with Crippen LogP contribution in [0.4, 0.5) is 10.5 Å². The maximum Gasteiger partial charge on any atom is 0.319 e. The Morgan fingerprint density at radius 1 is 1.13 bits per heavy atom. The summed E-state index contributed by atoms with van der Waals surface area (Å²) < 4.78 is 12.8. The number of rotatable bonds is 5. The number of ether oxygens (including phenoxy) is 2. The third kappa shape index (κ3) is 3.77. The van der Waals surface area contributed by atoms with E-state index in [4.69, 9.17) is 9.47 Å². The number of aryl methyl sites for hydroxylation is 1. The van der Waals surface area contributed by atoms with E-state index in [-0.39, 0.29) is 18.7 Å². The van der Waals surface area contributed by atoms with Gasteiger partial charge in [0, 0.05) is 60.8 Å². The van der Waals surface area contributed by atoms with Gasteiger partial charge in [-0.1, -0.05) is 24.3 Å². The molecule has 0 radical (unpaired) electrons. The van der Waals surface area contributed by atoms with Crippen LogP contribution >= 0.6 is 0 Å². The van der Waals surface area contributed by atoms with E-state index in [1.165, 1.54) is 0 Å². The number of nitrogens with zero attached hydrogens (tertiary/aromatic N) is 2. The third-order valence-electron chi connectivity index (χ3n) is 5.49. The van der Waals surface area contributed by atoms with Crippen molar-refractivity contribution in [2.24, 2.45) is 7.05 Å². The van der Waals surface area contributed by atoms with Crippen LogP contribution in [0.3, 0.4) is 0 Å². The smallest absolute Gasteiger partial charge is 0.319 e. The van der Waals surface area contributed by atoms with E-state index >= 15 is 0 Å². The molecule has 7 heteroatoms. The Labute approximate surface area is 179 Å². The number of para-hydroxylation sites is 1. The summed E-state index contributed by atoms with van der Waals surface area (Å²) in [6.45, 7) is 0.624. The summed E-state index contributed by atoms with van der Waals surface area (Å²) in [7, 11) is 2.03. The summed E-state index contributed by atoms with van der Waals surface area (Å²) in [5, 5.41) is 7.04. The molecule has 2 aromatic carbocycles. The number of fused-ring (bicyclic) bond motifs is 2.